The van der Waals surface area contributed by atoms with Gasteiger partial charge < -0.3 is 14.5 Å². The highest BCUT2D eigenvalue weighted by atomic mass is 79.9. The van der Waals surface area contributed by atoms with Crippen LogP contribution in [0.2, 0.25) is 0 Å². The van der Waals surface area contributed by atoms with Crippen molar-refractivity contribution in [3.05, 3.63) is 40.8 Å². The second-order valence-electron chi connectivity index (χ2n) is 5.88. The van der Waals surface area contributed by atoms with E-state index in [1.54, 1.807) is 6.07 Å². The Bertz CT molecular complexity index is 904. The third kappa shape index (κ3) is 3.94. The van der Waals surface area contributed by atoms with Crippen molar-refractivity contribution < 1.29 is 22.4 Å². The van der Waals surface area contributed by atoms with Gasteiger partial charge in [0.25, 0.3) is 5.91 Å². The molecule has 0 unspecified atom stereocenters. The number of halogens is 1. The van der Waals surface area contributed by atoms with E-state index in [1.165, 1.54) is 35.7 Å². The number of hydrogen-bond acceptors (Lipinski definition) is 5. The summed E-state index contributed by atoms with van der Waals surface area (Å²) in [4.78, 5) is 12.4. The summed E-state index contributed by atoms with van der Waals surface area (Å²) in [5.41, 5.74) is 0.267. The minimum atomic E-state index is -3.61. The number of amides is 1. The second-order valence-corrected chi connectivity index (χ2v) is 8.60. The number of carbonyl (C=O) groups excluding carboxylic acids is 1. The van der Waals surface area contributed by atoms with Crippen LogP contribution in [0.15, 0.2) is 44.3 Å². The first kappa shape index (κ1) is 18.9. The summed E-state index contributed by atoms with van der Waals surface area (Å²) in [6.07, 6.45) is 2.74. The zero-order valence-corrected chi connectivity index (χ0v) is 16.6. The summed E-state index contributed by atoms with van der Waals surface area (Å²) in [5.74, 6) is -0.0358. The van der Waals surface area contributed by atoms with Crippen molar-refractivity contribution >= 4 is 37.5 Å². The van der Waals surface area contributed by atoms with E-state index in [0.29, 0.717) is 23.5 Å². The molecule has 26 heavy (non-hydrogen) atoms. The van der Waals surface area contributed by atoms with Crippen LogP contribution in [0, 0.1) is 0 Å². The number of benzene rings is 1. The van der Waals surface area contributed by atoms with Crippen LogP contribution in [0.1, 0.15) is 29.8 Å². The number of methoxy groups -OCH3 is 1. The average molecular weight is 443 g/mol. The van der Waals surface area contributed by atoms with E-state index in [2.05, 4.69) is 21.2 Å². The lowest BCUT2D eigenvalue weighted by Crippen LogP contribution is -2.35. The fourth-order valence-corrected chi connectivity index (χ4v) is 4.67. The molecule has 1 amide bonds. The van der Waals surface area contributed by atoms with Gasteiger partial charge >= 0.3 is 0 Å². The molecule has 3 rings (SSSR count). The van der Waals surface area contributed by atoms with Gasteiger partial charge in [-0.1, -0.05) is 6.42 Å². The van der Waals surface area contributed by atoms with Crippen molar-refractivity contribution in [2.45, 2.75) is 24.2 Å². The maximum Gasteiger partial charge on any atom is 0.291 e. The van der Waals surface area contributed by atoms with Crippen LogP contribution in [0.25, 0.3) is 0 Å². The Morgan fingerprint density at radius 1 is 1.19 bits per heavy atom. The molecule has 0 spiro atoms. The Kier molecular flexibility index (Phi) is 5.69. The molecular formula is C17H19BrN2O5S. The molecular weight excluding hydrogens is 424 g/mol. The van der Waals surface area contributed by atoms with Crippen molar-refractivity contribution in [1.82, 2.24) is 4.31 Å². The molecule has 0 saturated carbocycles. The van der Waals surface area contributed by atoms with Gasteiger partial charge in [-0.05, 0) is 59.1 Å². The molecule has 1 aromatic heterocycles. The third-order valence-electron chi connectivity index (χ3n) is 4.17. The van der Waals surface area contributed by atoms with Crippen LogP contribution < -0.4 is 10.1 Å². The summed E-state index contributed by atoms with van der Waals surface area (Å²) >= 11 is 3.14. The summed E-state index contributed by atoms with van der Waals surface area (Å²) in [6.45, 7) is 1.02. The molecule has 2 aromatic rings. The quantitative estimate of drug-likeness (QED) is 0.765. The fraction of sp³-hybridized carbons (Fsp3) is 0.353. The molecule has 0 bridgehead atoms. The highest BCUT2D eigenvalue weighted by molar-refractivity contribution is 9.10. The lowest BCUT2D eigenvalue weighted by Gasteiger charge is -2.26. The number of furan rings is 1. The molecule has 1 fully saturated rings. The normalized spacial score (nSPS) is 15.6. The fourth-order valence-electron chi connectivity index (χ4n) is 2.82. The summed E-state index contributed by atoms with van der Waals surface area (Å²) in [6, 6.07) is 7.55. The number of nitrogens with zero attached hydrogens (tertiary/aromatic N) is 1. The third-order valence-corrected chi connectivity index (χ3v) is 6.49. The van der Waals surface area contributed by atoms with Gasteiger partial charge in [0, 0.05) is 13.1 Å². The van der Waals surface area contributed by atoms with E-state index < -0.39 is 15.9 Å². The van der Waals surface area contributed by atoms with Crippen LogP contribution in [0.4, 0.5) is 5.69 Å². The number of nitrogens with one attached hydrogen (secondary N) is 1. The Morgan fingerprint density at radius 3 is 2.54 bits per heavy atom. The predicted molar refractivity (Wildman–Crippen MR) is 100.0 cm³/mol. The number of rotatable bonds is 5. The molecule has 140 valence electrons. The van der Waals surface area contributed by atoms with E-state index in [9.17, 15) is 13.2 Å². The monoisotopic (exact) mass is 442 g/mol. The first-order valence-corrected chi connectivity index (χ1v) is 10.4. The van der Waals surface area contributed by atoms with E-state index in [4.69, 9.17) is 9.15 Å². The molecule has 1 N–H and O–H groups in total. The minimum absolute atomic E-state index is 0.100. The number of piperidine rings is 1. The highest BCUT2D eigenvalue weighted by Gasteiger charge is 2.27. The van der Waals surface area contributed by atoms with Gasteiger partial charge in [-0.25, -0.2) is 8.42 Å². The molecule has 1 aliphatic heterocycles. The summed E-state index contributed by atoms with van der Waals surface area (Å²) in [7, 11) is -2.16. The summed E-state index contributed by atoms with van der Waals surface area (Å²) < 4.78 is 38.1. The van der Waals surface area contributed by atoms with Crippen LogP contribution in [-0.2, 0) is 10.0 Å². The lowest BCUT2D eigenvalue weighted by molar-refractivity contribution is 0.0995. The van der Waals surface area contributed by atoms with Crippen molar-refractivity contribution in [2.24, 2.45) is 0 Å². The van der Waals surface area contributed by atoms with E-state index in [0.717, 1.165) is 19.3 Å². The largest absolute Gasteiger partial charge is 0.495 e. The number of sulfonamides is 1. The smallest absolute Gasteiger partial charge is 0.291 e. The SMILES string of the molecule is COc1ccc(S(=O)(=O)N2CCCCC2)cc1NC(=O)c1ccc(Br)o1. The van der Waals surface area contributed by atoms with E-state index in [-0.39, 0.29) is 16.3 Å². The molecule has 7 nitrogen and oxygen atoms in total. The Labute approximate surface area is 160 Å². The van der Waals surface area contributed by atoms with Gasteiger partial charge in [0.2, 0.25) is 10.0 Å². The van der Waals surface area contributed by atoms with Crippen LogP contribution in [0.3, 0.4) is 0 Å². The number of anilines is 1. The van der Waals surface area contributed by atoms with E-state index >= 15 is 0 Å². The number of carbonyl (C=O) groups is 1. The standard InChI is InChI=1S/C17H19BrN2O5S/c1-24-14-6-5-12(26(22,23)20-9-3-2-4-10-20)11-13(14)19-17(21)15-7-8-16(18)25-15/h5-8,11H,2-4,9-10H2,1H3,(H,19,21). The molecule has 2 heterocycles. The maximum atomic E-state index is 12.8. The van der Waals surface area contributed by atoms with Gasteiger partial charge in [-0.2, -0.15) is 4.31 Å². The average Bonchev–Trinajstić information content (AvgIpc) is 3.09. The molecule has 0 aliphatic carbocycles. The molecule has 9 heteroatoms. The van der Waals surface area contributed by atoms with Gasteiger partial charge in [-0.3, -0.25) is 4.79 Å². The zero-order valence-electron chi connectivity index (χ0n) is 14.2. The molecule has 1 aromatic carbocycles. The highest BCUT2D eigenvalue weighted by Crippen LogP contribution is 2.30. The Morgan fingerprint density at radius 2 is 1.92 bits per heavy atom. The molecule has 0 radical (unpaired) electrons. The van der Waals surface area contributed by atoms with Gasteiger partial charge in [0.05, 0.1) is 17.7 Å². The predicted octanol–water partition coefficient (Wildman–Crippen LogP) is 3.48. The second kappa shape index (κ2) is 7.81. The number of hydrogen-bond donors (Lipinski definition) is 1. The van der Waals surface area contributed by atoms with Crippen LogP contribution in [-0.4, -0.2) is 38.8 Å². The molecule has 1 aliphatic rings. The minimum Gasteiger partial charge on any atom is -0.495 e. The van der Waals surface area contributed by atoms with Crippen LogP contribution >= 0.6 is 15.9 Å². The first-order valence-electron chi connectivity index (χ1n) is 8.16. The Balaban J connectivity index is 1.90. The first-order chi connectivity index (χ1) is 12.4. The molecule has 1 saturated heterocycles. The van der Waals surface area contributed by atoms with Gasteiger partial charge in [-0.15, -0.1) is 0 Å². The zero-order chi connectivity index (χ0) is 18.7. The van der Waals surface area contributed by atoms with Crippen molar-refractivity contribution in [3.8, 4) is 5.75 Å². The lowest BCUT2D eigenvalue weighted by atomic mass is 10.2. The summed E-state index contributed by atoms with van der Waals surface area (Å²) in [5, 5.41) is 2.65. The van der Waals surface area contributed by atoms with Crippen LogP contribution in [0.5, 0.6) is 5.75 Å². The van der Waals surface area contributed by atoms with Crippen molar-refractivity contribution in [2.75, 3.05) is 25.5 Å². The molecule has 0 atom stereocenters. The van der Waals surface area contributed by atoms with E-state index in [1.807, 2.05) is 0 Å². The van der Waals surface area contributed by atoms with Gasteiger partial charge in [0.15, 0.2) is 10.4 Å². The Hall–Kier alpha value is -1.84. The number of ether oxygens (including phenoxy) is 1. The topological polar surface area (TPSA) is 88.9 Å². The van der Waals surface area contributed by atoms with Crippen molar-refractivity contribution in [3.63, 3.8) is 0 Å². The van der Waals surface area contributed by atoms with Gasteiger partial charge in [0.1, 0.15) is 5.75 Å². The maximum absolute atomic E-state index is 12.8. The van der Waals surface area contributed by atoms with Crippen molar-refractivity contribution in [1.29, 1.82) is 0 Å².